The zero-order chi connectivity index (χ0) is 19.7. The van der Waals surface area contributed by atoms with Crippen LogP contribution in [0, 0.1) is 0 Å². The Morgan fingerprint density at radius 2 is 1.96 bits per heavy atom. The normalized spacial score (nSPS) is 14.5. The summed E-state index contributed by atoms with van der Waals surface area (Å²) in [6, 6.07) is 7.48. The Labute approximate surface area is 171 Å². The van der Waals surface area contributed by atoms with Gasteiger partial charge in [0.05, 0.1) is 12.3 Å². The molecule has 28 heavy (non-hydrogen) atoms. The molecule has 0 N–H and O–H groups in total. The fourth-order valence-electron chi connectivity index (χ4n) is 3.19. The maximum Gasteiger partial charge on any atom is 0.409 e. The first-order chi connectivity index (χ1) is 13.6. The van der Waals surface area contributed by atoms with Crippen molar-refractivity contribution in [2.75, 3.05) is 32.8 Å². The summed E-state index contributed by atoms with van der Waals surface area (Å²) in [5, 5.41) is 2.47. The summed E-state index contributed by atoms with van der Waals surface area (Å²) in [4.78, 5) is 33.6. The Morgan fingerprint density at radius 1 is 1.21 bits per heavy atom. The van der Waals surface area contributed by atoms with E-state index < -0.39 is 0 Å². The van der Waals surface area contributed by atoms with Crippen LogP contribution in [0.4, 0.5) is 4.79 Å². The molecule has 1 fully saturated rings. The van der Waals surface area contributed by atoms with E-state index in [4.69, 9.17) is 16.3 Å². The summed E-state index contributed by atoms with van der Waals surface area (Å²) in [5.41, 5.74) is 2.26. The van der Waals surface area contributed by atoms with E-state index in [0.717, 1.165) is 16.2 Å². The maximum atomic E-state index is 13.0. The molecule has 7 nitrogen and oxygen atoms in total. The Kier molecular flexibility index (Phi) is 5.23. The van der Waals surface area contributed by atoms with E-state index in [1.807, 2.05) is 40.2 Å². The van der Waals surface area contributed by atoms with Crippen molar-refractivity contribution in [2.45, 2.75) is 6.92 Å². The predicted molar refractivity (Wildman–Crippen MR) is 108 cm³/mol. The van der Waals surface area contributed by atoms with Gasteiger partial charge in [-0.25, -0.2) is 9.78 Å². The zero-order valence-electron chi connectivity index (χ0n) is 15.3. The maximum absolute atomic E-state index is 13.0. The summed E-state index contributed by atoms with van der Waals surface area (Å²) >= 11 is 7.50. The fourth-order valence-corrected chi connectivity index (χ4v) is 4.23. The first-order valence-corrected chi connectivity index (χ1v) is 10.3. The van der Waals surface area contributed by atoms with Crippen molar-refractivity contribution >= 4 is 39.9 Å². The van der Waals surface area contributed by atoms with Crippen LogP contribution < -0.4 is 0 Å². The van der Waals surface area contributed by atoms with Crippen LogP contribution in [0.2, 0.25) is 5.02 Å². The highest BCUT2D eigenvalue weighted by Gasteiger charge is 2.27. The topological polar surface area (TPSA) is 67.2 Å². The summed E-state index contributed by atoms with van der Waals surface area (Å²) in [5.74, 6) is -0.0650. The molecule has 1 aliphatic heterocycles. The van der Waals surface area contributed by atoms with Crippen LogP contribution in [0.5, 0.6) is 0 Å². The third-order valence-corrected chi connectivity index (χ3v) is 5.72. The number of benzene rings is 1. The van der Waals surface area contributed by atoms with Gasteiger partial charge >= 0.3 is 6.09 Å². The summed E-state index contributed by atoms with van der Waals surface area (Å²) < 4.78 is 6.84. The Hall–Kier alpha value is -2.58. The van der Waals surface area contributed by atoms with Crippen LogP contribution in [0.3, 0.4) is 0 Å². The molecule has 3 aromatic rings. The summed E-state index contributed by atoms with van der Waals surface area (Å²) in [7, 11) is 0. The lowest BCUT2D eigenvalue weighted by Gasteiger charge is -2.33. The van der Waals surface area contributed by atoms with E-state index in [9.17, 15) is 9.59 Å². The summed E-state index contributed by atoms with van der Waals surface area (Å²) in [6.45, 7) is 4.02. The lowest BCUT2D eigenvalue weighted by molar-refractivity contribution is 0.0565. The molecule has 2 amide bonds. The number of aromatic nitrogens is 2. The van der Waals surface area contributed by atoms with Gasteiger partial charge < -0.3 is 14.5 Å². The Bertz CT molecular complexity index is 1020. The molecule has 146 valence electrons. The number of ether oxygens (including phenoxy) is 1. The number of imidazole rings is 1. The predicted octanol–water partition coefficient (Wildman–Crippen LogP) is 3.63. The highest BCUT2D eigenvalue weighted by molar-refractivity contribution is 7.15. The minimum Gasteiger partial charge on any atom is -0.450 e. The van der Waals surface area contributed by atoms with Crippen LogP contribution in [0.1, 0.15) is 17.4 Å². The molecule has 0 atom stereocenters. The van der Waals surface area contributed by atoms with Gasteiger partial charge in [0, 0.05) is 48.3 Å². The minimum absolute atomic E-state index is 0.0650. The third kappa shape index (κ3) is 3.57. The van der Waals surface area contributed by atoms with Crippen molar-refractivity contribution in [3.8, 4) is 11.3 Å². The molecule has 2 aromatic heterocycles. The zero-order valence-corrected chi connectivity index (χ0v) is 16.9. The van der Waals surface area contributed by atoms with E-state index in [-0.39, 0.29) is 12.0 Å². The molecule has 1 saturated heterocycles. The SMILES string of the molecule is CCOC(=O)N1CCN(C(=O)c2csc3nc(-c4cccc(Cl)c4)cn23)CC1. The average molecular weight is 419 g/mol. The van der Waals surface area contributed by atoms with Crippen molar-refractivity contribution in [2.24, 2.45) is 0 Å². The van der Waals surface area contributed by atoms with Gasteiger partial charge in [0.25, 0.3) is 5.91 Å². The van der Waals surface area contributed by atoms with Crippen LogP contribution >= 0.6 is 22.9 Å². The van der Waals surface area contributed by atoms with Crippen molar-refractivity contribution in [1.82, 2.24) is 19.2 Å². The van der Waals surface area contributed by atoms with E-state index >= 15 is 0 Å². The van der Waals surface area contributed by atoms with Crippen LogP contribution in [-0.2, 0) is 4.74 Å². The third-order valence-electron chi connectivity index (χ3n) is 4.64. The number of hydrogen-bond acceptors (Lipinski definition) is 5. The first-order valence-electron chi connectivity index (χ1n) is 9.00. The van der Waals surface area contributed by atoms with Gasteiger partial charge in [-0.05, 0) is 19.1 Å². The molecule has 9 heteroatoms. The number of halogens is 1. The van der Waals surface area contributed by atoms with E-state index in [2.05, 4.69) is 4.98 Å². The number of carbonyl (C=O) groups is 2. The lowest BCUT2D eigenvalue weighted by Crippen LogP contribution is -2.50. The monoisotopic (exact) mass is 418 g/mol. The summed E-state index contributed by atoms with van der Waals surface area (Å²) in [6.07, 6.45) is 1.54. The van der Waals surface area contributed by atoms with E-state index in [0.29, 0.717) is 43.5 Å². The Morgan fingerprint density at radius 3 is 2.68 bits per heavy atom. The quantitative estimate of drug-likeness (QED) is 0.651. The number of piperazine rings is 1. The first kappa shape index (κ1) is 18.8. The average Bonchev–Trinajstić information content (AvgIpc) is 3.28. The second kappa shape index (κ2) is 7.81. The van der Waals surface area contributed by atoms with Gasteiger partial charge in [-0.2, -0.15) is 0 Å². The highest BCUT2D eigenvalue weighted by atomic mass is 35.5. The van der Waals surface area contributed by atoms with Gasteiger partial charge in [0.15, 0.2) is 4.96 Å². The molecule has 3 heterocycles. The molecule has 4 rings (SSSR count). The second-order valence-electron chi connectivity index (χ2n) is 6.39. The van der Waals surface area contributed by atoms with E-state index in [1.54, 1.807) is 16.7 Å². The van der Waals surface area contributed by atoms with Crippen molar-refractivity contribution in [3.63, 3.8) is 0 Å². The molecular formula is C19H19ClN4O3S. The van der Waals surface area contributed by atoms with Crippen molar-refractivity contribution in [1.29, 1.82) is 0 Å². The molecule has 0 unspecified atom stereocenters. The number of fused-ring (bicyclic) bond motifs is 1. The van der Waals surface area contributed by atoms with Crippen molar-refractivity contribution < 1.29 is 14.3 Å². The van der Waals surface area contributed by atoms with Crippen molar-refractivity contribution in [3.05, 3.63) is 46.6 Å². The number of thiazole rings is 1. The molecule has 0 aliphatic carbocycles. The standard InChI is InChI=1S/C19H19ClN4O3S/c1-2-27-19(26)23-8-6-22(7-9-23)17(25)16-12-28-18-21-15(11-24(16)18)13-4-3-5-14(20)10-13/h3-5,10-12H,2,6-9H2,1H3. The molecule has 0 spiro atoms. The largest absolute Gasteiger partial charge is 0.450 e. The van der Waals surface area contributed by atoms with Crippen LogP contribution in [0.25, 0.3) is 16.2 Å². The smallest absolute Gasteiger partial charge is 0.409 e. The number of nitrogens with zero attached hydrogens (tertiary/aromatic N) is 4. The number of carbonyl (C=O) groups excluding carboxylic acids is 2. The fraction of sp³-hybridized carbons (Fsp3) is 0.316. The van der Waals surface area contributed by atoms with Gasteiger partial charge in [0.1, 0.15) is 5.69 Å². The Balaban J connectivity index is 1.52. The second-order valence-corrected chi connectivity index (χ2v) is 7.66. The molecule has 0 radical (unpaired) electrons. The molecule has 0 bridgehead atoms. The number of amides is 2. The number of hydrogen-bond donors (Lipinski definition) is 0. The highest BCUT2D eigenvalue weighted by Crippen LogP contribution is 2.26. The molecular weight excluding hydrogens is 400 g/mol. The van der Waals surface area contributed by atoms with Gasteiger partial charge in [0.2, 0.25) is 0 Å². The van der Waals surface area contributed by atoms with E-state index in [1.165, 1.54) is 11.3 Å². The van der Waals surface area contributed by atoms with Gasteiger partial charge in [-0.15, -0.1) is 11.3 Å². The molecule has 0 saturated carbocycles. The molecule has 1 aromatic carbocycles. The minimum atomic E-state index is -0.326. The van der Waals surface area contributed by atoms with Gasteiger partial charge in [-0.3, -0.25) is 9.20 Å². The van der Waals surface area contributed by atoms with Crippen LogP contribution in [-0.4, -0.2) is 64.0 Å². The van der Waals surface area contributed by atoms with Crippen LogP contribution in [0.15, 0.2) is 35.8 Å². The van der Waals surface area contributed by atoms with Gasteiger partial charge in [-0.1, -0.05) is 23.7 Å². The number of rotatable bonds is 3. The molecule has 1 aliphatic rings. The lowest BCUT2D eigenvalue weighted by atomic mass is 10.2.